The summed E-state index contributed by atoms with van der Waals surface area (Å²) in [6.45, 7) is 3.80. The van der Waals surface area contributed by atoms with E-state index in [2.05, 4.69) is 6.58 Å². The van der Waals surface area contributed by atoms with E-state index in [0.717, 1.165) is 16.8 Å². The van der Waals surface area contributed by atoms with Crippen LogP contribution in [-0.2, 0) is 6.42 Å². The Morgan fingerprint density at radius 1 is 1.50 bits per heavy atom. The minimum absolute atomic E-state index is 0.120. The van der Waals surface area contributed by atoms with E-state index < -0.39 is 0 Å². The standard InChI is InChI=1S/C10H13NO/c1-2-8-4-3-5-10(11)9(8)6-7-12/h2-5,12H,1,6-7,11H2. The molecular weight excluding hydrogens is 150 g/mol. The van der Waals surface area contributed by atoms with Crippen LogP contribution >= 0.6 is 0 Å². The number of aliphatic hydroxyl groups is 1. The molecule has 0 aliphatic carbocycles. The predicted octanol–water partition coefficient (Wildman–Crippen LogP) is 1.45. The fourth-order valence-electron chi connectivity index (χ4n) is 1.22. The SMILES string of the molecule is C=Cc1cccc(N)c1CCO. The maximum absolute atomic E-state index is 8.77. The normalized spacial score (nSPS) is 9.75. The van der Waals surface area contributed by atoms with Crippen molar-refractivity contribution in [3.05, 3.63) is 35.9 Å². The Kier molecular flexibility index (Phi) is 2.88. The average Bonchev–Trinajstić information content (AvgIpc) is 2.09. The van der Waals surface area contributed by atoms with Crippen molar-refractivity contribution < 1.29 is 5.11 Å². The molecule has 0 aromatic heterocycles. The zero-order chi connectivity index (χ0) is 8.97. The highest BCUT2D eigenvalue weighted by atomic mass is 16.2. The van der Waals surface area contributed by atoms with E-state index in [4.69, 9.17) is 10.8 Å². The molecule has 0 aliphatic heterocycles. The summed E-state index contributed by atoms with van der Waals surface area (Å²) in [6, 6.07) is 5.65. The molecule has 0 saturated heterocycles. The Morgan fingerprint density at radius 3 is 2.83 bits per heavy atom. The van der Waals surface area contributed by atoms with Gasteiger partial charge in [0.25, 0.3) is 0 Å². The summed E-state index contributed by atoms with van der Waals surface area (Å²) in [7, 11) is 0. The summed E-state index contributed by atoms with van der Waals surface area (Å²) in [5, 5.41) is 8.77. The number of nitrogens with two attached hydrogens (primary N) is 1. The van der Waals surface area contributed by atoms with Gasteiger partial charge < -0.3 is 10.8 Å². The van der Waals surface area contributed by atoms with Crippen LogP contribution in [0.15, 0.2) is 24.8 Å². The van der Waals surface area contributed by atoms with Gasteiger partial charge in [0.2, 0.25) is 0 Å². The van der Waals surface area contributed by atoms with Gasteiger partial charge in [0.1, 0.15) is 0 Å². The lowest BCUT2D eigenvalue weighted by Gasteiger charge is -2.07. The van der Waals surface area contributed by atoms with E-state index >= 15 is 0 Å². The fraction of sp³-hybridized carbons (Fsp3) is 0.200. The third kappa shape index (κ3) is 1.66. The second-order valence-electron chi connectivity index (χ2n) is 2.59. The highest BCUT2D eigenvalue weighted by Crippen LogP contribution is 2.18. The summed E-state index contributed by atoms with van der Waals surface area (Å²) >= 11 is 0. The van der Waals surface area contributed by atoms with Gasteiger partial charge in [0, 0.05) is 12.3 Å². The Balaban J connectivity index is 3.10. The number of hydrogen-bond acceptors (Lipinski definition) is 2. The quantitative estimate of drug-likeness (QED) is 0.662. The molecule has 64 valence electrons. The van der Waals surface area contributed by atoms with Crippen LogP contribution in [0.2, 0.25) is 0 Å². The van der Waals surface area contributed by atoms with E-state index in [1.807, 2.05) is 18.2 Å². The zero-order valence-electron chi connectivity index (χ0n) is 6.96. The van der Waals surface area contributed by atoms with Gasteiger partial charge >= 0.3 is 0 Å². The van der Waals surface area contributed by atoms with Crippen LogP contribution in [0.3, 0.4) is 0 Å². The van der Waals surface area contributed by atoms with E-state index in [9.17, 15) is 0 Å². The number of nitrogen functional groups attached to an aromatic ring is 1. The number of anilines is 1. The third-order valence-corrected chi connectivity index (χ3v) is 1.83. The monoisotopic (exact) mass is 163 g/mol. The van der Waals surface area contributed by atoms with Crippen molar-refractivity contribution in [2.75, 3.05) is 12.3 Å². The van der Waals surface area contributed by atoms with Crippen LogP contribution in [0.5, 0.6) is 0 Å². The number of rotatable bonds is 3. The highest BCUT2D eigenvalue weighted by Gasteiger charge is 2.01. The van der Waals surface area contributed by atoms with Gasteiger partial charge in [0.05, 0.1) is 0 Å². The molecule has 2 nitrogen and oxygen atoms in total. The molecule has 1 aromatic carbocycles. The summed E-state index contributed by atoms with van der Waals surface area (Å²) in [6.07, 6.45) is 2.34. The topological polar surface area (TPSA) is 46.2 Å². The summed E-state index contributed by atoms with van der Waals surface area (Å²) < 4.78 is 0. The van der Waals surface area contributed by atoms with Crippen molar-refractivity contribution in [3.8, 4) is 0 Å². The second-order valence-corrected chi connectivity index (χ2v) is 2.59. The molecule has 12 heavy (non-hydrogen) atoms. The van der Waals surface area contributed by atoms with Crippen LogP contribution in [-0.4, -0.2) is 11.7 Å². The Labute approximate surface area is 72.3 Å². The van der Waals surface area contributed by atoms with Crippen LogP contribution in [0, 0.1) is 0 Å². The first-order chi connectivity index (χ1) is 5.79. The smallest absolute Gasteiger partial charge is 0.0472 e. The van der Waals surface area contributed by atoms with Gasteiger partial charge in [0.15, 0.2) is 0 Å². The lowest BCUT2D eigenvalue weighted by atomic mass is 10.0. The molecule has 0 amide bonds. The minimum Gasteiger partial charge on any atom is -0.398 e. The molecule has 0 bridgehead atoms. The molecule has 0 fully saturated rings. The molecule has 0 heterocycles. The number of benzene rings is 1. The first-order valence-corrected chi connectivity index (χ1v) is 3.90. The third-order valence-electron chi connectivity index (χ3n) is 1.83. The Hall–Kier alpha value is -1.28. The molecule has 0 saturated carbocycles. The number of hydrogen-bond donors (Lipinski definition) is 2. The van der Waals surface area contributed by atoms with E-state index in [-0.39, 0.29) is 6.61 Å². The van der Waals surface area contributed by atoms with Gasteiger partial charge in [-0.2, -0.15) is 0 Å². The fourth-order valence-corrected chi connectivity index (χ4v) is 1.22. The maximum atomic E-state index is 8.77. The minimum atomic E-state index is 0.120. The first kappa shape index (κ1) is 8.81. The van der Waals surface area contributed by atoms with Crippen LogP contribution in [0.25, 0.3) is 6.08 Å². The molecule has 2 heteroatoms. The van der Waals surface area contributed by atoms with Crippen molar-refractivity contribution in [2.45, 2.75) is 6.42 Å². The van der Waals surface area contributed by atoms with Crippen molar-refractivity contribution in [3.63, 3.8) is 0 Å². The van der Waals surface area contributed by atoms with E-state index in [0.29, 0.717) is 6.42 Å². The first-order valence-electron chi connectivity index (χ1n) is 3.90. The Morgan fingerprint density at radius 2 is 2.25 bits per heavy atom. The molecule has 3 N–H and O–H groups in total. The van der Waals surface area contributed by atoms with Crippen LogP contribution < -0.4 is 5.73 Å². The van der Waals surface area contributed by atoms with Crippen molar-refractivity contribution in [1.29, 1.82) is 0 Å². The molecule has 1 rings (SSSR count). The van der Waals surface area contributed by atoms with Crippen molar-refractivity contribution >= 4 is 11.8 Å². The Bertz CT molecular complexity index is 281. The molecule has 0 aliphatic rings. The van der Waals surface area contributed by atoms with Crippen LogP contribution in [0.4, 0.5) is 5.69 Å². The van der Waals surface area contributed by atoms with Crippen molar-refractivity contribution in [1.82, 2.24) is 0 Å². The van der Waals surface area contributed by atoms with E-state index in [1.165, 1.54) is 0 Å². The molecule has 0 spiro atoms. The molecule has 0 radical (unpaired) electrons. The van der Waals surface area contributed by atoms with Crippen LogP contribution in [0.1, 0.15) is 11.1 Å². The number of aliphatic hydroxyl groups excluding tert-OH is 1. The largest absolute Gasteiger partial charge is 0.398 e. The lowest BCUT2D eigenvalue weighted by Crippen LogP contribution is -1.99. The van der Waals surface area contributed by atoms with Crippen molar-refractivity contribution in [2.24, 2.45) is 0 Å². The summed E-state index contributed by atoms with van der Waals surface area (Å²) in [5.41, 5.74) is 8.43. The average molecular weight is 163 g/mol. The van der Waals surface area contributed by atoms with Gasteiger partial charge in [-0.15, -0.1) is 0 Å². The lowest BCUT2D eigenvalue weighted by molar-refractivity contribution is 0.300. The zero-order valence-corrected chi connectivity index (χ0v) is 6.96. The predicted molar refractivity (Wildman–Crippen MR) is 51.7 cm³/mol. The highest BCUT2D eigenvalue weighted by molar-refractivity contribution is 5.61. The maximum Gasteiger partial charge on any atom is 0.0472 e. The molecule has 1 aromatic rings. The van der Waals surface area contributed by atoms with Gasteiger partial charge in [-0.3, -0.25) is 0 Å². The second kappa shape index (κ2) is 3.93. The molecular formula is C10H13NO. The summed E-state index contributed by atoms with van der Waals surface area (Å²) in [4.78, 5) is 0. The van der Waals surface area contributed by atoms with Gasteiger partial charge in [-0.25, -0.2) is 0 Å². The van der Waals surface area contributed by atoms with E-state index in [1.54, 1.807) is 6.08 Å². The molecule has 0 unspecified atom stereocenters. The van der Waals surface area contributed by atoms with Gasteiger partial charge in [-0.05, 0) is 23.6 Å². The summed E-state index contributed by atoms with van der Waals surface area (Å²) in [5.74, 6) is 0. The van der Waals surface area contributed by atoms with Gasteiger partial charge in [-0.1, -0.05) is 24.8 Å². The molecule has 0 atom stereocenters.